The van der Waals surface area contributed by atoms with E-state index >= 15 is 0 Å². The molecule has 1 aromatic carbocycles. The molecule has 1 N–H and O–H groups in total. The molecule has 3 aliphatic rings. The Morgan fingerprint density at radius 1 is 1.06 bits per heavy atom. The number of amides is 2. The summed E-state index contributed by atoms with van der Waals surface area (Å²) in [7, 11) is 3.18. The Balaban J connectivity index is 1.54. The zero-order chi connectivity index (χ0) is 22.6. The number of hydrogen-bond donors (Lipinski definition) is 1. The second-order valence-corrected chi connectivity index (χ2v) is 9.55. The molecule has 1 unspecified atom stereocenters. The lowest BCUT2D eigenvalue weighted by Crippen LogP contribution is -2.58. The standard InChI is InChI=1S/C25H37N3O4/c1-31-21-14-20(15-22(16-21)32-2)26-24(30)25(10-4-5-11-25)28(18-29)17-19-8-7-13-27-12-6-3-9-23(19)27/h14-16,18-19,23H,3-13,17H2,1-2H3,(H,26,30)/t19?,23-/m1/s1. The van der Waals surface area contributed by atoms with Crippen LogP contribution in [0.25, 0.3) is 0 Å². The van der Waals surface area contributed by atoms with Crippen LogP contribution in [0.15, 0.2) is 18.2 Å². The summed E-state index contributed by atoms with van der Waals surface area (Å²) in [5.41, 5.74) is -0.158. The Kier molecular flexibility index (Phi) is 7.23. The number of carbonyl (C=O) groups is 2. The molecule has 2 saturated heterocycles. The zero-order valence-corrected chi connectivity index (χ0v) is 19.5. The van der Waals surface area contributed by atoms with E-state index in [9.17, 15) is 9.59 Å². The molecule has 7 nitrogen and oxygen atoms in total. The summed E-state index contributed by atoms with van der Waals surface area (Å²) in [5.74, 6) is 1.57. The maximum atomic E-state index is 13.7. The number of piperidine rings is 2. The van der Waals surface area contributed by atoms with E-state index in [1.165, 1.54) is 38.8 Å². The van der Waals surface area contributed by atoms with Gasteiger partial charge in [0.05, 0.1) is 14.2 Å². The minimum Gasteiger partial charge on any atom is -0.497 e. The smallest absolute Gasteiger partial charge is 0.250 e. The molecule has 2 atom stereocenters. The van der Waals surface area contributed by atoms with E-state index < -0.39 is 5.54 Å². The minimum atomic E-state index is -0.783. The van der Waals surface area contributed by atoms with Crippen molar-refractivity contribution in [3.8, 4) is 11.5 Å². The molecule has 4 rings (SSSR count). The quantitative estimate of drug-likeness (QED) is 0.621. The highest BCUT2D eigenvalue weighted by Crippen LogP contribution is 2.39. The van der Waals surface area contributed by atoms with Crippen molar-refractivity contribution >= 4 is 18.0 Å². The highest BCUT2D eigenvalue weighted by Gasteiger charge is 2.47. The number of ether oxygens (including phenoxy) is 2. The van der Waals surface area contributed by atoms with Gasteiger partial charge in [0.1, 0.15) is 17.0 Å². The lowest BCUT2D eigenvalue weighted by Gasteiger charge is -2.47. The summed E-state index contributed by atoms with van der Waals surface area (Å²) in [6, 6.07) is 5.90. The first-order valence-corrected chi connectivity index (χ1v) is 12.1. The normalized spacial score (nSPS) is 24.9. The molecule has 7 heteroatoms. The number of methoxy groups -OCH3 is 2. The topological polar surface area (TPSA) is 71.1 Å². The van der Waals surface area contributed by atoms with Crippen molar-refractivity contribution in [3.05, 3.63) is 18.2 Å². The van der Waals surface area contributed by atoms with Crippen LogP contribution in [0, 0.1) is 5.92 Å². The number of fused-ring (bicyclic) bond motifs is 1. The van der Waals surface area contributed by atoms with Gasteiger partial charge in [-0.3, -0.25) is 9.59 Å². The van der Waals surface area contributed by atoms with Gasteiger partial charge in [-0.05, 0) is 57.5 Å². The molecule has 2 amide bonds. The van der Waals surface area contributed by atoms with Crippen molar-refractivity contribution in [3.63, 3.8) is 0 Å². The van der Waals surface area contributed by atoms with Crippen molar-refractivity contribution in [2.45, 2.75) is 69.4 Å². The first-order valence-electron chi connectivity index (χ1n) is 12.1. The van der Waals surface area contributed by atoms with Crippen LogP contribution in [0.2, 0.25) is 0 Å². The summed E-state index contributed by atoms with van der Waals surface area (Å²) in [4.78, 5) is 30.5. The van der Waals surface area contributed by atoms with Crippen LogP contribution in [0.3, 0.4) is 0 Å². The van der Waals surface area contributed by atoms with Gasteiger partial charge in [0.25, 0.3) is 0 Å². The van der Waals surface area contributed by atoms with Crippen LogP contribution in [0.5, 0.6) is 11.5 Å². The van der Waals surface area contributed by atoms with Crippen molar-refractivity contribution in [2.24, 2.45) is 5.92 Å². The van der Waals surface area contributed by atoms with Crippen LogP contribution in [0.4, 0.5) is 5.69 Å². The van der Waals surface area contributed by atoms with Gasteiger partial charge in [-0.25, -0.2) is 0 Å². The summed E-state index contributed by atoms with van der Waals surface area (Å²) in [6.45, 7) is 3.01. The molecule has 0 spiro atoms. The number of hydrogen-bond acceptors (Lipinski definition) is 5. The molecule has 3 fully saturated rings. The van der Waals surface area contributed by atoms with Gasteiger partial charge in [-0.15, -0.1) is 0 Å². The zero-order valence-electron chi connectivity index (χ0n) is 19.5. The first-order chi connectivity index (χ1) is 15.6. The van der Waals surface area contributed by atoms with E-state index in [4.69, 9.17) is 9.47 Å². The molecular weight excluding hydrogens is 406 g/mol. The minimum absolute atomic E-state index is 0.103. The monoisotopic (exact) mass is 443 g/mol. The average Bonchev–Trinajstić information content (AvgIpc) is 3.33. The van der Waals surface area contributed by atoms with E-state index in [-0.39, 0.29) is 5.91 Å². The Bertz CT molecular complexity index is 784. The highest BCUT2D eigenvalue weighted by atomic mass is 16.5. The molecule has 176 valence electrons. The second kappa shape index (κ2) is 10.1. The lowest BCUT2D eigenvalue weighted by atomic mass is 9.82. The van der Waals surface area contributed by atoms with E-state index in [1.807, 2.05) is 4.90 Å². The third-order valence-electron chi connectivity index (χ3n) is 7.80. The van der Waals surface area contributed by atoms with Crippen LogP contribution in [-0.2, 0) is 9.59 Å². The summed E-state index contributed by atoms with van der Waals surface area (Å²) < 4.78 is 10.7. The number of nitrogens with zero attached hydrogens (tertiary/aromatic N) is 2. The van der Waals surface area contributed by atoms with Gasteiger partial charge in [0.2, 0.25) is 12.3 Å². The van der Waals surface area contributed by atoms with Crippen LogP contribution in [-0.4, -0.2) is 67.6 Å². The van der Waals surface area contributed by atoms with E-state index in [1.54, 1.807) is 32.4 Å². The number of nitrogens with one attached hydrogen (secondary N) is 1. The van der Waals surface area contributed by atoms with Gasteiger partial charge in [0, 0.05) is 36.5 Å². The summed E-state index contributed by atoms with van der Waals surface area (Å²) in [5, 5.41) is 3.07. The molecule has 2 heterocycles. The third-order valence-corrected chi connectivity index (χ3v) is 7.80. The van der Waals surface area contributed by atoms with Gasteiger partial charge < -0.3 is 24.6 Å². The fourth-order valence-corrected chi connectivity index (χ4v) is 6.09. The molecule has 1 saturated carbocycles. The molecule has 0 radical (unpaired) electrons. The SMILES string of the molecule is COc1cc(NC(=O)C2(N(C=O)CC3CCCN4CCCC[C@H]34)CCCC2)cc(OC)c1. The average molecular weight is 444 g/mol. The molecule has 32 heavy (non-hydrogen) atoms. The van der Waals surface area contributed by atoms with E-state index in [2.05, 4.69) is 10.2 Å². The third kappa shape index (κ3) is 4.58. The fraction of sp³-hybridized carbons (Fsp3) is 0.680. The summed E-state index contributed by atoms with van der Waals surface area (Å²) >= 11 is 0. The van der Waals surface area contributed by atoms with Crippen LogP contribution < -0.4 is 14.8 Å². The summed E-state index contributed by atoms with van der Waals surface area (Å²) in [6.07, 6.45) is 10.3. The maximum absolute atomic E-state index is 13.7. The Morgan fingerprint density at radius 2 is 1.75 bits per heavy atom. The molecule has 0 bridgehead atoms. The van der Waals surface area contributed by atoms with E-state index in [0.717, 1.165) is 25.7 Å². The van der Waals surface area contributed by atoms with Gasteiger partial charge in [-0.2, -0.15) is 0 Å². The largest absolute Gasteiger partial charge is 0.497 e. The van der Waals surface area contributed by atoms with Gasteiger partial charge in [-0.1, -0.05) is 19.3 Å². The van der Waals surface area contributed by atoms with Crippen molar-refractivity contribution in [2.75, 3.05) is 39.2 Å². The molecule has 1 aliphatic carbocycles. The Hall–Kier alpha value is -2.28. The number of carbonyl (C=O) groups excluding carboxylic acids is 2. The number of rotatable bonds is 8. The first kappa shape index (κ1) is 22.9. The van der Waals surface area contributed by atoms with Gasteiger partial charge >= 0.3 is 0 Å². The second-order valence-electron chi connectivity index (χ2n) is 9.55. The Morgan fingerprint density at radius 3 is 2.41 bits per heavy atom. The van der Waals surface area contributed by atoms with Crippen LogP contribution >= 0.6 is 0 Å². The van der Waals surface area contributed by atoms with E-state index in [0.29, 0.717) is 48.5 Å². The fourth-order valence-electron chi connectivity index (χ4n) is 6.09. The predicted octanol–water partition coefficient (Wildman–Crippen LogP) is 3.68. The predicted molar refractivity (Wildman–Crippen MR) is 124 cm³/mol. The molecule has 2 aliphatic heterocycles. The number of anilines is 1. The van der Waals surface area contributed by atoms with Crippen molar-refractivity contribution in [1.29, 1.82) is 0 Å². The van der Waals surface area contributed by atoms with Crippen molar-refractivity contribution < 1.29 is 19.1 Å². The Labute approximate surface area is 191 Å². The van der Waals surface area contributed by atoms with Crippen LogP contribution in [0.1, 0.15) is 57.8 Å². The highest BCUT2D eigenvalue weighted by molar-refractivity contribution is 5.99. The number of benzene rings is 1. The van der Waals surface area contributed by atoms with Crippen molar-refractivity contribution in [1.82, 2.24) is 9.80 Å². The van der Waals surface area contributed by atoms with Gasteiger partial charge in [0.15, 0.2) is 0 Å². The maximum Gasteiger partial charge on any atom is 0.250 e. The molecular formula is C25H37N3O4. The molecule has 0 aromatic heterocycles. The lowest BCUT2D eigenvalue weighted by molar-refractivity contribution is -0.138. The molecule has 1 aromatic rings.